The van der Waals surface area contributed by atoms with Gasteiger partial charge in [-0.2, -0.15) is 0 Å². The normalized spacial score (nSPS) is 11.3. The van der Waals surface area contributed by atoms with Gasteiger partial charge in [-0.15, -0.1) is 0 Å². The molecular formula is C22H13BrFN3. The van der Waals surface area contributed by atoms with E-state index in [1.165, 1.54) is 0 Å². The minimum absolute atomic E-state index is 0.326. The molecule has 5 heteroatoms. The summed E-state index contributed by atoms with van der Waals surface area (Å²) in [6, 6.07) is 19.0. The Labute approximate surface area is 163 Å². The minimum atomic E-state index is -0.352. The number of aromatic nitrogens is 3. The lowest BCUT2D eigenvalue weighted by molar-refractivity contribution is 0.620. The van der Waals surface area contributed by atoms with Crippen molar-refractivity contribution in [2.75, 3.05) is 0 Å². The van der Waals surface area contributed by atoms with Crippen LogP contribution in [-0.4, -0.2) is 14.5 Å². The molecule has 3 heterocycles. The van der Waals surface area contributed by atoms with Crippen molar-refractivity contribution in [3.8, 4) is 16.9 Å². The SMILES string of the molecule is Fc1c(-c2ccccc2Br)nc2ccccc2c1-n1ccc2cnccc21. The standard InChI is InChI=1S/C22H13BrFN3/c23-17-7-3-1-5-15(17)21-20(24)22(16-6-2-4-8-18(16)26-21)27-12-10-14-13-25-11-9-19(14)27/h1-13H. The number of halogens is 2. The molecule has 0 saturated heterocycles. The Morgan fingerprint density at radius 2 is 1.74 bits per heavy atom. The number of hydrogen-bond donors (Lipinski definition) is 0. The first-order chi connectivity index (χ1) is 13.2. The third kappa shape index (κ3) is 2.54. The zero-order valence-electron chi connectivity index (χ0n) is 14.1. The van der Waals surface area contributed by atoms with Crippen LogP contribution in [0.15, 0.2) is 83.7 Å². The van der Waals surface area contributed by atoms with E-state index < -0.39 is 0 Å². The maximum atomic E-state index is 15.8. The third-order valence-corrected chi connectivity index (χ3v) is 5.36. The summed E-state index contributed by atoms with van der Waals surface area (Å²) in [6.07, 6.45) is 5.37. The average molecular weight is 418 g/mol. The van der Waals surface area contributed by atoms with Crippen molar-refractivity contribution in [3.63, 3.8) is 0 Å². The van der Waals surface area contributed by atoms with Crippen LogP contribution in [0.3, 0.4) is 0 Å². The number of benzene rings is 2. The quantitative estimate of drug-likeness (QED) is 0.345. The Morgan fingerprint density at radius 3 is 2.63 bits per heavy atom. The highest BCUT2D eigenvalue weighted by Gasteiger charge is 2.20. The molecule has 0 radical (unpaired) electrons. The highest BCUT2D eigenvalue weighted by molar-refractivity contribution is 9.10. The Morgan fingerprint density at radius 1 is 0.926 bits per heavy atom. The zero-order valence-corrected chi connectivity index (χ0v) is 15.7. The van der Waals surface area contributed by atoms with Crippen LogP contribution in [0.1, 0.15) is 0 Å². The first-order valence-electron chi connectivity index (χ1n) is 8.48. The van der Waals surface area contributed by atoms with E-state index in [0.29, 0.717) is 11.4 Å². The molecule has 0 atom stereocenters. The highest BCUT2D eigenvalue weighted by Crippen LogP contribution is 2.35. The predicted molar refractivity (Wildman–Crippen MR) is 109 cm³/mol. The van der Waals surface area contributed by atoms with Gasteiger partial charge in [-0.25, -0.2) is 9.37 Å². The molecule has 0 aliphatic heterocycles. The lowest BCUT2D eigenvalue weighted by atomic mass is 10.1. The summed E-state index contributed by atoms with van der Waals surface area (Å²) in [5, 5.41) is 1.72. The van der Waals surface area contributed by atoms with Crippen molar-refractivity contribution in [3.05, 3.63) is 89.5 Å². The van der Waals surface area contributed by atoms with Gasteiger partial charge in [-0.05, 0) is 24.3 Å². The summed E-state index contributed by atoms with van der Waals surface area (Å²) in [6.45, 7) is 0. The average Bonchev–Trinajstić information content (AvgIpc) is 3.12. The molecule has 0 aliphatic carbocycles. The molecule has 0 spiro atoms. The molecule has 5 aromatic rings. The second-order valence-corrected chi connectivity index (χ2v) is 7.09. The summed E-state index contributed by atoms with van der Waals surface area (Å²) < 4.78 is 18.5. The van der Waals surface area contributed by atoms with Crippen LogP contribution in [0, 0.1) is 5.82 Å². The van der Waals surface area contributed by atoms with Crippen LogP contribution < -0.4 is 0 Å². The number of hydrogen-bond acceptors (Lipinski definition) is 2. The van der Waals surface area contributed by atoms with Crippen LogP contribution in [0.5, 0.6) is 0 Å². The molecule has 2 aromatic carbocycles. The number of nitrogens with zero attached hydrogens (tertiary/aromatic N) is 3. The van der Waals surface area contributed by atoms with E-state index in [4.69, 9.17) is 0 Å². The van der Waals surface area contributed by atoms with Crippen molar-refractivity contribution in [2.45, 2.75) is 0 Å². The second-order valence-electron chi connectivity index (χ2n) is 6.24. The summed E-state index contributed by atoms with van der Waals surface area (Å²) >= 11 is 3.52. The first-order valence-corrected chi connectivity index (χ1v) is 9.28. The van der Waals surface area contributed by atoms with Crippen molar-refractivity contribution < 1.29 is 4.39 Å². The summed E-state index contributed by atoms with van der Waals surface area (Å²) in [5.74, 6) is -0.352. The molecule has 0 saturated carbocycles. The molecule has 3 aromatic heterocycles. The van der Waals surface area contributed by atoms with Gasteiger partial charge in [0.05, 0.1) is 16.7 Å². The van der Waals surface area contributed by atoms with Gasteiger partial charge in [0.2, 0.25) is 0 Å². The Hall–Kier alpha value is -3.05. The number of rotatable bonds is 2. The van der Waals surface area contributed by atoms with E-state index in [2.05, 4.69) is 25.9 Å². The van der Waals surface area contributed by atoms with Gasteiger partial charge in [0.25, 0.3) is 0 Å². The second kappa shape index (κ2) is 6.28. The maximum absolute atomic E-state index is 15.8. The molecule has 0 unspecified atom stereocenters. The Bertz CT molecular complexity index is 1310. The summed E-state index contributed by atoms with van der Waals surface area (Å²) in [5.41, 5.74) is 3.19. The molecular weight excluding hydrogens is 405 g/mol. The predicted octanol–water partition coefficient (Wildman–Crippen LogP) is 6.14. The van der Waals surface area contributed by atoms with Crippen LogP contribution in [0.4, 0.5) is 4.39 Å². The molecule has 0 fully saturated rings. The van der Waals surface area contributed by atoms with Gasteiger partial charge >= 0.3 is 0 Å². The van der Waals surface area contributed by atoms with Crippen molar-refractivity contribution in [1.29, 1.82) is 0 Å². The van der Waals surface area contributed by atoms with E-state index in [9.17, 15) is 0 Å². The molecule has 5 rings (SSSR count). The maximum Gasteiger partial charge on any atom is 0.174 e. The summed E-state index contributed by atoms with van der Waals surface area (Å²) in [4.78, 5) is 8.78. The van der Waals surface area contributed by atoms with Crippen LogP contribution in [0.2, 0.25) is 0 Å². The number of pyridine rings is 2. The molecule has 3 nitrogen and oxygen atoms in total. The lowest BCUT2D eigenvalue weighted by Crippen LogP contribution is -2.03. The van der Waals surface area contributed by atoms with Gasteiger partial charge in [0.15, 0.2) is 5.82 Å². The molecule has 0 bridgehead atoms. The van der Waals surface area contributed by atoms with E-state index in [-0.39, 0.29) is 5.82 Å². The van der Waals surface area contributed by atoms with Crippen LogP contribution >= 0.6 is 15.9 Å². The Kier molecular flexibility index (Phi) is 3.76. The van der Waals surface area contributed by atoms with Gasteiger partial charge in [0.1, 0.15) is 5.69 Å². The molecule has 130 valence electrons. The van der Waals surface area contributed by atoms with Crippen molar-refractivity contribution in [1.82, 2.24) is 14.5 Å². The van der Waals surface area contributed by atoms with Gasteiger partial charge < -0.3 is 4.57 Å². The Balaban J connectivity index is 1.92. The summed E-state index contributed by atoms with van der Waals surface area (Å²) in [7, 11) is 0. The molecule has 0 amide bonds. The van der Waals surface area contributed by atoms with E-state index in [1.807, 2.05) is 71.4 Å². The largest absolute Gasteiger partial charge is 0.313 e. The fourth-order valence-corrected chi connectivity index (χ4v) is 3.89. The minimum Gasteiger partial charge on any atom is -0.313 e. The topological polar surface area (TPSA) is 30.7 Å². The van der Waals surface area contributed by atoms with Crippen LogP contribution in [0.25, 0.3) is 38.8 Å². The van der Waals surface area contributed by atoms with Gasteiger partial charge in [-0.1, -0.05) is 52.3 Å². The zero-order chi connectivity index (χ0) is 18.4. The van der Waals surface area contributed by atoms with Crippen molar-refractivity contribution >= 4 is 37.7 Å². The third-order valence-electron chi connectivity index (χ3n) is 4.67. The van der Waals surface area contributed by atoms with E-state index >= 15 is 4.39 Å². The lowest BCUT2D eigenvalue weighted by Gasteiger charge is -2.15. The molecule has 0 N–H and O–H groups in total. The van der Waals surface area contributed by atoms with Gasteiger partial charge in [0, 0.05) is 39.4 Å². The fraction of sp³-hybridized carbons (Fsp3) is 0. The molecule has 27 heavy (non-hydrogen) atoms. The monoisotopic (exact) mass is 417 g/mol. The van der Waals surface area contributed by atoms with Crippen molar-refractivity contribution in [2.24, 2.45) is 0 Å². The number of para-hydroxylation sites is 1. The van der Waals surface area contributed by atoms with Crippen LogP contribution in [-0.2, 0) is 0 Å². The fourth-order valence-electron chi connectivity index (χ4n) is 3.42. The smallest absolute Gasteiger partial charge is 0.174 e. The van der Waals surface area contributed by atoms with Gasteiger partial charge in [-0.3, -0.25) is 4.98 Å². The van der Waals surface area contributed by atoms with E-state index in [0.717, 1.165) is 31.8 Å². The number of fused-ring (bicyclic) bond motifs is 2. The van der Waals surface area contributed by atoms with E-state index in [1.54, 1.807) is 12.4 Å². The molecule has 0 aliphatic rings. The first kappa shape index (κ1) is 16.1. The highest BCUT2D eigenvalue weighted by atomic mass is 79.9.